The van der Waals surface area contributed by atoms with Crippen molar-refractivity contribution in [3.63, 3.8) is 0 Å². The number of aryl methyl sites for hydroxylation is 1. The van der Waals surface area contributed by atoms with Gasteiger partial charge in [-0.15, -0.1) is 11.8 Å². The molecular formula is C20H24N4O3S. The summed E-state index contributed by atoms with van der Waals surface area (Å²) in [7, 11) is 1.64. The molecule has 28 heavy (non-hydrogen) atoms. The number of nitrogens with one attached hydrogen (secondary N) is 1. The summed E-state index contributed by atoms with van der Waals surface area (Å²) in [5, 5.41) is 3.70. The molecule has 1 aliphatic heterocycles. The minimum absolute atomic E-state index is 0.122. The van der Waals surface area contributed by atoms with Crippen LogP contribution in [0.15, 0.2) is 46.5 Å². The van der Waals surface area contributed by atoms with Crippen LogP contribution >= 0.6 is 11.8 Å². The molecule has 2 amide bonds. The standard InChI is InChI=1S/C20H24N4O3S/c1-23-10-4-6-16(19(23)26)20(27)24-11-7-14(8-12-24)13-22-17(25)15-5-3-9-21-18(15)28-2/h3-6,9-10,14H,7-8,11-13H2,1-2H3,(H,22,25). The molecule has 3 heterocycles. The van der Waals surface area contributed by atoms with Crippen LogP contribution in [0.5, 0.6) is 0 Å². The average Bonchev–Trinajstić information content (AvgIpc) is 2.73. The summed E-state index contributed by atoms with van der Waals surface area (Å²) in [5.41, 5.74) is 0.517. The Morgan fingerprint density at radius 1 is 1.21 bits per heavy atom. The normalized spacial score (nSPS) is 14.7. The minimum atomic E-state index is -0.275. The van der Waals surface area contributed by atoms with E-state index in [1.807, 2.05) is 6.26 Å². The third-order valence-electron chi connectivity index (χ3n) is 5.02. The smallest absolute Gasteiger partial charge is 0.263 e. The zero-order chi connectivity index (χ0) is 20.1. The van der Waals surface area contributed by atoms with Gasteiger partial charge in [0.05, 0.1) is 5.56 Å². The number of carbonyl (C=O) groups is 2. The lowest BCUT2D eigenvalue weighted by molar-refractivity contribution is 0.0682. The highest BCUT2D eigenvalue weighted by Gasteiger charge is 2.25. The van der Waals surface area contributed by atoms with E-state index in [0.717, 1.165) is 12.8 Å². The van der Waals surface area contributed by atoms with Crippen LogP contribution in [0.2, 0.25) is 0 Å². The lowest BCUT2D eigenvalue weighted by Gasteiger charge is -2.32. The first kappa shape index (κ1) is 20.1. The quantitative estimate of drug-likeness (QED) is 0.774. The van der Waals surface area contributed by atoms with Gasteiger partial charge in [-0.05, 0) is 49.3 Å². The molecule has 1 fully saturated rings. The number of carbonyl (C=O) groups excluding carboxylic acids is 2. The van der Waals surface area contributed by atoms with Crippen molar-refractivity contribution in [3.05, 3.63) is 58.1 Å². The Hall–Kier alpha value is -2.61. The van der Waals surface area contributed by atoms with E-state index in [9.17, 15) is 14.4 Å². The van der Waals surface area contributed by atoms with Gasteiger partial charge in [0.2, 0.25) is 0 Å². The number of hydrogen-bond donors (Lipinski definition) is 1. The fourth-order valence-corrected chi connectivity index (χ4v) is 3.88. The summed E-state index contributed by atoms with van der Waals surface area (Å²) in [6.45, 7) is 1.73. The largest absolute Gasteiger partial charge is 0.352 e. The van der Waals surface area contributed by atoms with Gasteiger partial charge in [-0.25, -0.2) is 4.98 Å². The Morgan fingerprint density at radius 2 is 1.93 bits per heavy atom. The average molecular weight is 401 g/mol. The van der Waals surface area contributed by atoms with Crippen molar-refractivity contribution in [2.75, 3.05) is 25.9 Å². The Morgan fingerprint density at radius 3 is 2.64 bits per heavy atom. The van der Waals surface area contributed by atoms with E-state index >= 15 is 0 Å². The fourth-order valence-electron chi connectivity index (χ4n) is 3.33. The van der Waals surface area contributed by atoms with Crippen LogP contribution in [0, 0.1) is 5.92 Å². The van der Waals surface area contributed by atoms with Crippen LogP contribution in [0.25, 0.3) is 0 Å². The summed E-state index contributed by atoms with van der Waals surface area (Å²) in [5.74, 6) is -0.0339. The fraction of sp³-hybridized carbons (Fsp3) is 0.400. The molecule has 0 saturated carbocycles. The summed E-state index contributed by atoms with van der Waals surface area (Å²) >= 11 is 1.45. The van der Waals surface area contributed by atoms with E-state index in [0.29, 0.717) is 36.1 Å². The Bertz CT molecular complexity index is 920. The molecular weight excluding hydrogens is 376 g/mol. The minimum Gasteiger partial charge on any atom is -0.352 e. The van der Waals surface area contributed by atoms with E-state index in [4.69, 9.17) is 0 Å². The Kier molecular flexibility index (Phi) is 6.51. The van der Waals surface area contributed by atoms with Gasteiger partial charge in [0.25, 0.3) is 17.4 Å². The molecule has 1 aliphatic rings. The van der Waals surface area contributed by atoms with E-state index in [1.165, 1.54) is 16.3 Å². The molecule has 1 saturated heterocycles. The zero-order valence-electron chi connectivity index (χ0n) is 16.1. The SMILES string of the molecule is CSc1ncccc1C(=O)NCC1CCN(C(=O)c2cccn(C)c2=O)CC1. The Labute approximate surface area is 168 Å². The van der Waals surface area contributed by atoms with Crippen LogP contribution in [0.1, 0.15) is 33.6 Å². The van der Waals surface area contributed by atoms with Crippen LogP contribution in [-0.4, -0.2) is 52.2 Å². The van der Waals surface area contributed by atoms with Crippen LogP contribution in [-0.2, 0) is 7.05 Å². The van der Waals surface area contributed by atoms with Gasteiger partial charge in [-0.3, -0.25) is 14.4 Å². The molecule has 0 unspecified atom stereocenters. The highest BCUT2D eigenvalue weighted by molar-refractivity contribution is 7.98. The third-order valence-corrected chi connectivity index (χ3v) is 5.73. The van der Waals surface area contributed by atoms with Gasteiger partial charge in [0, 0.05) is 39.1 Å². The highest BCUT2D eigenvalue weighted by Crippen LogP contribution is 2.19. The van der Waals surface area contributed by atoms with Gasteiger partial charge in [0.15, 0.2) is 0 Å². The molecule has 2 aromatic rings. The summed E-state index contributed by atoms with van der Waals surface area (Å²) in [4.78, 5) is 43.1. The van der Waals surface area contributed by atoms with Gasteiger partial charge in [-0.2, -0.15) is 0 Å². The van der Waals surface area contributed by atoms with Crippen molar-refractivity contribution in [2.24, 2.45) is 13.0 Å². The summed E-state index contributed by atoms with van der Waals surface area (Å²) in [6, 6.07) is 6.81. The van der Waals surface area contributed by atoms with Crippen molar-refractivity contribution >= 4 is 23.6 Å². The topological polar surface area (TPSA) is 84.3 Å². The lowest BCUT2D eigenvalue weighted by atomic mass is 9.96. The molecule has 2 aromatic heterocycles. The van der Waals surface area contributed by atoms with E-state index < -0.39 is 0 Å². The van der Waals surface area contributed by atoms with Crippen molar-refractivity contribution in [1.29, 1.82) is 0 Å². The number of likely N-dealkylation sites (tertiary alicyclic amines) is 1. The lowest BCUT2D eigenvalue weighted by Crippen LogP contribution is -2.43. The first-order valence-corrected chi connectivity index (χ1v) is 10.5. The maximum Gasteiger partial charge on any atom is 0.263 e. The number of amides is 2. The number of piperidine rings is 1. The second-order valence-corrected chi connectivity index (χ2v) is 7.64. The number of rotatable bonds is 5. The number of nitrogens with zero attached hydrogens (tertiary/aromatic N) is 3. The molecule has 8 heteroatoms. The van der Waals surface area contributed by atoms with Crippen molar-refractivity contribution in [2.45, 2.75) is 17.9 Å². The molecule has 0 aliphatic carbocycles. The third kappa shape index (κ3) is 4.44. The van der Waals surface area contributed by atoms with Crippen LogP contribution in [0.4, 0.5) is 0 Å². The van der Waals surface area contributed by atoms with Gasteiger partial charge in [-0.1, -0.05) is 0 Å². The first-order valence-electron chi connectivity index (χ1n) is 9.23. The number of thioether (sulfide) groups is 1. The van der Waals surface area contributed by atoms with Crippen molar-refractivity contribution < 1.29 is 9.59 Å². The summed E-state index contributed by atoms with van der Waals surface area (Å²) in [6.07, 6.45) is 6.79. The van der Waals surface area contributed by atoms with Crippen LogP contribution < -0.4 is 10.9 Å². The van der Waals surface area contributed by atoms with Gasteiger partial charge in [0.1, 0.15) is 10.6 Å². The van der Waals surface area contributed by atoms with Crippen molar-refractivity contribution in [1.82, 2.24) is 19.8 Å². The van der Waals surface area contributed by atoms with Crippen LogP contribution in [0.3, 0.4) is 0 Å². The van der Waals surface area contributed by atoms with E-state index in [2.05, 4.69) is 10.3 Å². The zero-order valence-corrected chi connectivity index (χ0v) is 16.9. The maximum atomic E-state index is 12.6. The first-order chi connectivity index (χ1) is 13.5. The highest BCUT2D eigenvalue weighted by atomic mass is 32.2. The van der Waals surface area contributed by atoms with E-state index in [-0.39, 0.29) is 22.9 Å². The molecule has 148 valence electrons. The predicted molar refractivity (Wildman–Crippen MR) is 109 cm³/mol. The van der Waals surface area contributed by atoms with Gasteiger partial charge >= 0.3 is 0 Å². The Balaban J connectivity index is 1.53. The number of hydrogen-bond acceptors (Lipinski definition) is 5. The molecule has 0 spiro atoms. The molecule has 3 rings (SSSR count). The van der Waals surface area contributed by atoms with E-state index in [1.54, 1.807) is 48.6 Å². The molecule has 0 radical (unpaired) electrons. The maximum absolute atomic E-state index is 12.6. The second-order valence-electron chi connectivity index (χ2n) is 6.84. The molecule has 7 nitrogen and oxygen atoms in total. The van der Waals surface area contributed by atoms with Crippen molar-refractivity contribution in [3.8, 4) is 0 Å². The summed E-state index contributed by atoms with van der Waals surface area (Å²) < 4.78 is 1.41. The monoisotopic (exact) mass is 400 g/mol. The van der Waals surface area contributed by atoms with Gasteiger partial charge < -0.3 is 14.8 Å². The number of aromatic nitrogens is 2. The predicted octanol–water partition coefficient (Wildman–Crippen LogP) is 1.78. The molecule has 1 N–H and O–H groups in total. The second kappa shape index (κ2) is 9.05. The molecule has 0 bridgehead atoms. The molecule has 0 atom stereocenters. The number of pyridine rings is 2. The molecule has 0 aromatic carbocycles.